The zero-order valence-electron chi connectivity index (χ0n) is 25.2. The average molecular weight is 523 g/mol. The first kappa shape index (κ1) is 34.9. The van der Waals surface area contributed by atoms with E-state index in [1.165, 1.54) is 19.3 Å². The van der Waals surface area contributed by atoms with Crippen LogP contribution in [0.2, 0.25) is 0 Å². The molecule has 0 rings (SSSR count). The third-order valence-electron chi connectivity index (χ3n) is 6.42. The van der Waals surface area contributed by atoms with Gasteiger partial charge in [0.15, 0.2) is 0 Å². The lowest BCUT2D eigenvalue weighted by Gasteiger charge is -2.21. The first-order valence-corrected chi connectivity index (χ1v) is 14.0. The molecule has 37 heavy (non-hydrogen) atoms. The second kappa shape index (κ2) is 17.4. The van der Waals surface area contributed by atoms with Gasteiger partial charge in [-0.15, -0.1) is 0 Å². The van der Waals surface area contributed by atoms with Crippen LogP contribution in [0.25, 0.3) is 0 Å². The summed E-state index contributed by atoms with van der Waals surface area (Å²) in [5.74, 6) is -0.0164. The minimum Gasteiger partial charge on any atom is -0.478 e. The van der Waals surface area contributed by atoms with Crippen LogP contribution in [0.15, 0.2) is 23.3 Å². The number of esters is 2. The highest BCUT2D eigenvalue weighted by molar-refractivity contribution is 5.88. The molecule has 0 saturated heterocycles. The minimum absolute atomic E-state index is 0.0866. The number of hydrogen-bond donors (Lipinski definition) is 1. The van der Waals surface area contributed by atoms with Crippen molar-refractivity contribution >= 4 is 17.9 Å². The normalized spacial score (nSPS) is 16.9. The summed E-state index contributed by atoms with van der Waals surface area (Å²) in [6.07, 6.45) is 9.15. The molecule has 0 saturated carbocycles. The van der Waals surface area contributed by atoms with Gasteiger partial charge in [0.25, 0.3) is 0 Å². The Morgan fingerprint density at radius 3 is 2.03 bits per heavy atom. The lowest BCUT2D eigenvalue weighted by atomic mass is 9.84. The number of hydrogen-bond acceptors (Lipinski definition) is 5. The number of carbonyl (C=O) groups excluding carboxylic acids is 2. The molecule has 0 aliphatic heterocycles. The number of carbonyl (C=O) groups is 3. The fourth-order valence-corrected chi connectivity index (χ4v) is 4.75. The Kier molecular flexibility index (Phi) is 16.4. The summed E-state index contributed by atoms with van der Waals surface area (Å²) < 4.78 is 10.5. The summed E-state index contributed by atoms with van der Waals surface area (Å²) in [7, 11) is 0. The average Bonchev–Trinajstić information content (AvgIpc) is 2.73. The number of allylic oxidation sites excluding steroid dienone is 3. The molecule has 5 unspecified atom stereocenters. The van der Waals surface area contributed by atoms with Gasteiger partial charge in [0.1, 0.15) is 5.60 Å². The predicted molar refractivity (Wildman–Crippen MR) is 150 cm³/mol. The molecule has 1 N–H and O–H groups in total. The van der Waals surface area contributed by atoms with Crippen molar-refractivity contribution in [2.24, 2.45) is 29.6 Å². The summed E-state index contributed by atoms with van der Waals surface area (Å²) in [4.78, 5) is 36.0. The van der Waals surface area contributed by atoms with Gasteiger partial charge in [-0.05, 0) is 89.5 Å². The Labute approximate surface area is 226 Å². The van der Waals surface area contributed by atoms with Crippen molar-refractivity contribution in [3.8, 4) is 0 Å². The molecule has 0 aliphatic carbocycles. The molecule has 0 fully saturated rings. The van der Waals surface area contributed by atoms with Crippen LogP contribution in [0.4, 0.5) is 0 Å². The van der Waals surface area contributed by atoms with Crippen LogP contribution in [-0.4, -0.2) is 35.2 Å². The fourth-order valence-electron chi connectivity index (χ4n) is 4.75. The second-order valence-corrected chi connectivity index (χ2v) is 12.3. The molecule has 0 aromatic rings. The van der Waals surface area contributed by atoms with E-state index in [9.17, 15) is 19.5 Å². The third kappa shape index (κ3) is 17.9. The van der Waals surface area contributed by atoms with Gasteiger partial charge in [-0.3, -0.25) is 9.59 Å². The smallest absolute Gasteiger partial charge is 0.331 e. The topological polar surface area (TPSA) is 89.9 Å². The highest BCUT2D eigenvalue weighted by Crippen LogP contribution is 2.26. The van der Waals surface area contributed by atoms with E-state index in [1.807, 2.05) is 6.92 Å². The van der Waals surface area contributed by atoms with Crippen molar-refractivity contribution in [1.29, 1.82) is 0 Å². The summed E-state index contributed by atoms with van der Waals surface area (Å²) >= 11 is 0. The Morgan fingerprint density at radius 1 is 0.919 bits per heavy atom. The fraction of sp³-hybridized carbons (Fsp3) is 0.774. The lowest BCUT2D eigenvalue weighted by molar-refractivity contribution is -0.157. The number of aliphatic carboxylic acids is 1. The van der Waals surface area contributed by atoms with Gasteiger partial charge in [-0.2, -0.15) is 0 Å². The molecule has 5 atom stereocenters. The number of ether oxygens (including phenoxy) is 2. The van der Waals surface area contributed by atoms with E-state index >= 15 is 0 Å². The molecule has 0 radical (unpaired) electrons. The molecule has 0 aliphatic rings. The van der Waals surface area contributed by atoms with Gasteiger partial charge < -0.3 is 14.6 Å². The van der Waals surface area contributed by atoms with Crippen LogP contribution >= 0.6 is 0 Å². The van der Waals surface area contributed by atoms with Crippen molar-refractivity contribution in [1.82, 2.24) is 0 Å². The quantitative estimate of drug-likeness (QED) is 0.0908. The van der Waals surface area contributed by atoms with Crippen LogP contribution in [-0.2, 0) is 23.9 Å². The third-order valence-corrected chi connectivity index (χ3v) is 6.42. The van der Waals surface area contributed by atoms with Crippen molar-refractivity contribution < 1.29 is 29.0 Å². The van der Waals surface area contributed by atoms with Crippen molar-refractivity contribution in [3.63, 3.8) is 0 Å². The Balaban J connectivity index is 4.80. The first-order valence-electron chi connectivity index (χ1n) is 14.0. The van der Waals surface area contributed by atoms with Crippen LogP contribution < -0.4 is 0 Å². The monoisotopic (exact) mass is 522 g/mol. The minimum atomic E-state index is -1.03. The van der Waals surface area contributed by atoms with Crippen LogP contribution in [0.5, 0.6) is 0 Å². The molecule has 6 heteroatoms. The van der Waals surface area contributed by atoms with Crippen molar-refractivity contribution in [2.45, 2.75) is 120 Å². The Morgan fingerprint density at radius 2 is 1.49 bits per heavy atom. The molecule has 0 aromatic carbocycles. The van der Waals surface area contributed by atoms with E-state index in [0.717, 1.165) is 17.9 Å². The zero-order valence-corrected chi connectivity index (χ0v) is 25.2. The maximum absolute atomic E-state index is 12.4. The lowest BCUT2D eigenvalue weighted by Crippen LogP contribution is -2.24. The van der Waals surface area contributed by atoms with Crippen LogP contribution in [0.1, 0.15) is 114 Å². The van der Waals surface area contributed by atoms with Gasteiger partial charge in [-0.25, -0.2) is 4.79 Å². The molecule has 0 spiro atoms. The van der Waals surface area contributed by atoms with Gasteiger partial charge in [0.2, 0.25) is 0 Å². The van der Waals surface area contributed by atoms with E-state index in [4.69, 9.17) is 9.47 Å². The standard InChI is InChI=1S/C31H54O6/c1-11-21(2)15-22(3)16-23(4)17-24(5)18-25(6)19-27(29(33)34)20-26(7)30(35)36-14-12-13-28(32)37-31(8,9)10/h18-19,21-24,26H,11-17,20H2,1-10H3,(H,33,34)/b25-18+,27-19-. The highest BCUT2D eigenvalue weighted by atomic mass is 16.6. The highest BCUT2D eigenvalue weighted by Gasteiger charge is 2.21. The molecular weight excluding hydrogens is 468 g/mol. The van der Waals surface area contributed by atoms with Crippen LogP contribution in [0, 0.1) is 29.6 Å². The van der Waals surface area contributed by atoms with E-state index in [1.54, 1.807) is 33.8 Å². The maximum Gasteiger partial charge on any atom is 0.331 e. The molecule has 0 aromatic heterocycles. The number of rotatable bonds is 17. The SMILES string of the molecule is CCC(C)CC(C)CC(C)CC(C)/C=C(C)/C=C(/CC(C)C(=O)OCCCC(=O)OC(C)(C)C)C(=O)O. The Bertz CT molecular complexity index is 773. The van der Waals surface area contributed by atoms with Gasteiger partial charge in [0.05, 0.1) is 12.5 Å². The molecular formula is C31H54O6. The molecule has 6 nitrogen and oxygen atoms in total. The van der Waals surface area contributed by atoms with Gasteiger partial charge in [-0.1, -0.05) is 59.6 Å². The summed E-state index contributed by atoms with van der Waals surface area (Å²) in [6.45, 7) is 20.4. The molecule has 0 heterocycles. The van der Waals surface area contributed by atoms with Crippen LogP contribution in [0.3, 0.4) is 0 Å². The van der Waals surface area contributed by atoms with E-state index in [2.05, 4.69) is 40.7 Å². The van der Waals surface area contributed by atoms with Crippen molar-refractivity contribution in [3.05, 3.63) is 23.3 Å². The molecule has 0 amide bonds. The number of carboxylic acids is 1. The Hall–Kier alpha value is -2.11. The second-order valence-electron chi connectivity index (χ2n) is 12.3. The van der Waals surface area contributed by atoms with E-state index in [0.29, 0.717) is 24.2 Å². The summed E-state index contributed by atoms with van der Waals surface area (Å²) in [6, 6.07) is 0. The van der Waals surface area contributed by atoms with Gasteiger partial charge >= 0.3 is 17.9 Å². The predicted octanol–water partition coefficient (Wildman–Crippen LogP) is 7.76. The zero-order chi connectivity index (χ0) is 28.8. The van der Waals surface area contributed by atoms with E-state index < -0.39 is 23.5 Å². The largest absolute Gasteiger partial charge is 0.478 e. The number of carboxylic acid groups (broad SMARTS) is 1. The molecule has 0 bridgehead atoms. The van der Waals surface area contributed by atoms with Crippen molar-refractivity contribution in [2.75, 3.05) is 6.61 Å². The molecule has 214 valence electrons. The maximum atomic E-state index is 12.4. The van der Waals surface area contributed by atoms with E-state index in [-0.39, 0.29) is 31.0 Å². The summed E-state index contributed by atoms with van der Waals surface area (Å²) in [5.41, 5.74) is 0.535. The van der Waals surface area contributed by atoms with Gasteiger partial charge in [0, 0.05) is 12.0 Å². The summed E-state index contributed by atoms with van der Waals surface area (Å²) in [5, 5.41) is 9.69. The first-order chi connectivity index (χ1) is 17.0.